The Hall–Kier alpha value is -2.38. The predicted octanol–water partition coefficient (Wildman–Crippen LogP) is 4.79. The number of aromatic nitrogens is 2. The minimum absolute atomic E-state index is 0.0314. The Morgan fingerprint density at radius 3 is 2.17 bits per heavy atom. The molecule has 1 aromatic heterocycles. The van der Waals surface area contributed by atoms with Gasteiger partial charge in [-0.05, 0) is 44.9 Å². The van der Waals surface area contributed by atoms with Crippen molar-refractivity contribution in [2.24, 2.45) is 7.05 Å². The SMILES string of the molecule is CC(C)c1cc(C(=O)c2c(Cl)cc(NC(=O)OC(C)(C)C)cc2Cl)nn(C)c1=O. The number of benzene rings is 1. The number of rotatable bonds is 4. The fraction of sp³-hybridized carbons (Fsp3) is 0.400. The summed E-state index contributed by atoms with van der Waals surface area (Å²) in [7, 11) is 1.47. The highest BCUT2D eigenvalue weighted by Crippen LogP contribution is 2.31. The van der Waals surface area contributed by atoms with Crippen molar-refractivity contribution < 1.29 is 14.3 Å². The summed E-state index contributed by atoms with van der Waals surface area (Å²) in [5, 5.41) is 6.63. The Kier molecular flexibility index (Phi) is 6.75. The topological polar surface area (TPSA) is 90.3 Å². The van der Waals surface area contributed by atoms with Crippen LogP contribution in [0.4, 0.5) is 10.5 Å². The Morgan fingerprint density at radius 1 is 1.14 bits per heavy atom. The van der Waals surface area contributed by atoms with Crippen LogP contribution in [-0.2, 0) is 11.8 Å². The Bertz CT molecular complexity index is 1000. The van der Waals surface area contributed by atoms with Gasteiger partial charge in [-0.25, -0.2) is 9.48 Å². The van der Waals surface area contributed by atoms with Crippen molar-refractivity contribution in [3.63, 3.8) is 0 Å². The first-order valence-electron chi connectivity index (χ1n) is 8.92. The van der Waals surface area contributed by atoms with E-state index < -0.39 is 17.5 Å². The van der Waals surface area contributed by atoms with E-state index in [-0.39, 0.29) is 38.5 Å². The third-order valence-corrected chi connectivity index (χ3v) is 4.46. The van der Waals surface area contributed by atoms with Crippen LogP contribution < -0.4 is 10.9 Å². The molecule has 0 aliphatic carbocycles. The summed E-state index contributed by atoms with van der Waals surface area (Å²) in [6.45, 7) is 8.91. The highest BCUT2D eigenvalue weighted by molar-refractivity contribution is 6.41. The number of ketones is 1. The van der Waals surface area contributed by atoms with Crippen LogP contribution in [0.25, 0.3) is 0 Å². The molecule has 156 valence electrons. The summed E-state index contributed by atoms with van der Waals surface area (Å²) < 4.78 is 6.30. The molecule has 0 aliphatic heterocycles. The van der Waals surface area contributed by atoms with Crippen LogP contribution in [0, 0.1) is 0 Å². The molecule has 1 amide bonds. The fourth-order valence-corrected chi connectivity index (χ4v) is 3.23. The number of nitrogens with zero attached hydrogens (tertiary/aromatic N) is 2. The van der Waals surface area contributed by atoms with E-state index in [0.717, 1.165) is 4.68 Å². The van der Waals surface area contributed by atoms with Gasteiger partial charge in [0.2, 0.25) is 5.78 Å². The third kappa shape index (κ3) is 5.58. The molecule has 2 rings (SSSR count). The molecule has 0 bridgehead atoms. The maximum atomic E-state index is 13.0. The van der Waals surface area contributed by atoms with Crippen LogP contribution in [0.3, 0.4) is 0 Å². The van der Waals surface area contributed by atoms with E-state index in [9.17, 15) is 14.4 Å². The zero-order chi connectivity index (χ0) is 22.1. The largest absolute Gasteiger partial charge is 0.444 e. The molecule has 0 saturated carbocycles. The molecule has 29 heavy (non-hydrogen) atoms. The maximum Gasteiger partial charge on any atom is 0.412 e. The van der Waals surface area contributed by atoms with E-state index in [2.05, 4.69) is 10.4 Å². The number of nitrogens with one attached hydrogen (secondary N) is 1. The van der Waals surface area contributed by atoms with Crippen molar-refractivity contribution in [3.8, 4) is 0 Å². The standard InChI is InChI=1S/C20H23Cl2N3O4/c1-10(2)12-9-15(24-25(6)18(12)27)17(26)16-13(21)7-11(8-14(16)22)23-19(28)29-20(3,4)5/h7-10H,1-6H3,(H,23,28). The van der Waals surface area contributed by atoms with Crippen LogP contribution in [-0.4, -0.2) is 27.3 Å². The number of ether oxygens (including phenoxy) is 1. The van der Waals surface area contributed by atoms with Crippen molar-refractivity contribution >= 4 is 40.8 Å². The van der Waals surface area contributed by atoms with Gasteiger partial charge in [-0.3, -0.25) is 14.9 Å². The molecule has 0 fully saturated rings. The zero-order valence-electron chi connectivity index (χ0n) is 17.1. The van der Waals surface area contributed by atoms with Gasteiger partial charge in [0, 0.05) is 18.3 Å². The number of hydrogen-bond acceptors (Lipinski definition) is 5. The molecule has 9 heteroatoms. The molecule has 0 atom stereocenters. The van der Waals surface area contributed by atoms with Gasteiger partial charge in [0.15, 0.2) is 0 Å². The van der Waals surface area contributed by atoms with Gasteiger partial charge >= 0.3 is 6.09 Å². The lowest BCUT2D eigenvalue weighted by atomic mass is 10.0. The smallest absolute Gasteiger partial charge is 0.412 e. The monoisotopic (exact) mass is 439 g/mol. The van der Waals surface area contributed by atoms with E-state index in [1.807, 2.05) is 13.8 Å². The second kappa shape index (κ2) is 8.55. The van der Waals surface area contributed by atoms with E-state index in [1.165, 1.54) is 25.2 Å². The molecule has 0 spiro atoms. The Balaban J connectivity index is 2.40. The van der Waals surface area contributed by atoms with E-state index in [4.69, 9.17) is 27.9 Å². The van der Waals surface area contributed by atoms with Gasteiger partial charge in [-0.1, -0.05) is 37.0 Å². The van der Waals surface area contributed by atoms with Crippen molar-refractivity contribution in [1.82, 2.24) is 9.78 Å². The summed E-state index contributed by atoms with van der Waals surface area (Å²) in [6.07, 6.45) is -0.676. The molecule has 0 aliphatic rings. The molecule has 7 nitrogen and oxygen atoms in total. The van der Waals surface area contributed by atoms with Crippen LogP contribution in [0.1, 0.15) is 62.2 Å². The van der Waals surface area contributed by atoms with Crippen LogP contribution in [0.2, 0.25) is 10.0 Å². The average molecular weight is 440 g/mol. The number of anilines is 1. The molecular weight excluding hydrogens is 417 g/mol. The van der Waals surface area contributed by atoms with Crippen LogP contribution in [0.5, 0.6) is 0 Å². The highest BCUT2D eigenvalue weighted by atomic mass is 35.5. The number of aryl methyl sites for hydroxylation is 1. The second-order valence-electron chi connectivity index (χ2n) is 7.84. The fourth-order valence-electron chi connectivity index (χ4n) is 2.57. The molecule has 1 N–H and O–H groups in total. The molecule has 0 unspecified atom stereocenters. The number of amides is 1. The van der Waals surface area contributed by atoms with Gasteiger partial charge < -0.3 is 4.74 Å². The molecule has 1 heterocycles. The van der Waals surface area contributed by atoms with Gasteiger partial charge in [0.05, 0.1) is 15.6 Å². The normalized spacial score (nSPS) is 11.5. The summed E-state index contributed by atoms with van der Waals surface area (Å²) in [4.78, 5) is 37.1. The average Bonchev–Trinajstić information content (AvgIpc) is 2.54. The molecule has 2 aromatic rings. The van der Waals surface area contributed by atoms with Crippen molar-refractivity contribution in [2.45, 2.75) is 46.1 Å². The van der Waals surface area contributed by atoms with E-state index in [1.54, 1.807) is 20.8 Å². The Labute approximate surface area is 179 Å². The lowest BCUT2D eigenvalue weighted by molar-refractivity contribution is 0.0636. The minimum atomic E-state index is -0.676. The first-order valence-corrected chi connectivity index (χ1v) is 9.67. The minimum Gasteiger partial charge on any atom is -0.444 e. The highest BCUT2D eigenvalue weighted by Gasteiger charge is 2.23. The third-order valence-electron chi connectivity index (χ3n) is 3.86. The summed E-state index contributed by atoms with van der Waals surface area (Å²) in [5.74, 6) is -0.615. The molecule has 0 saturated heterocycles. The van der Waals surface area contributed by atoms with Crippen molar-refractivity contribution in [3.05, 3.63) is 55.4 Å². The first kappa shape index (κ1) is 22.9. The van der Waals surface area contributed by atoms with E-state index >= 15 is 0 Å². The van der Waals surface area contributed by atoms with Gasteiger partial charge in [-0.2, -0.15) is 5.10 Å². The zero-order valence-corrected chi connectivity index (χ0v) is 18.6. The summed E-state index contributed by atoms with van der Waals surface area (Å²) in [6, 6.07) is 4.25. The van der Waals surface area contributed by atoms with Crippen LogP contribution >= 0.6 is 23.2 Å². The predicted molar refractivity (Wildman–Crippen MR) is 113 cm³/mol. The maximum absolute atomic E-state index is 13.0. The number of halogens is 2. The lowest BCUT2D eigenvalue weighted by Gasteiger charge is -2.20. The summed E-state index contributed by atoms with van der Waals surface area (Å²) >= 11 is 12.6. The van der Waals surface area contributed by atoms with Gasteiger partial charge in [0.25, 0.3) is 5.56 Å². The Morgan fingerprint density at radius 2 is 1.69 bits per heavy atom. The molecule has 1 aromatic carbocycles. The van der Waals surface area contributed by atoms with Crippen molar-refractivity contribution in [2.75, 3.05) is 5.32 Å². The summed E-state index contributed by atoms with van der Waals surface area (Å²) in [5.41, 5.74) is -0.123. The molecular formula is C20H23Cl2N3O4. The quantitative estimate of drug-likeness (QED) is 0.691. The van der Waals surface area contributed by atoms with Gasteiger partial charge in [-0.15, -0.1) is 0 Å². The second-order valence-corrected chi connectivity index (χ2v) is 8.65. The van der Waals surface area contributed by atoms with Crippen molar-refractivity contribution in [1.29, 1.82) is 0 Å². The number of hydrogen-bond donors (Lipinski definition) is 1. The van der Waals surface area contributed by atoms with Crippen LogP contribution in [0.15, 0.2) is 23.0 Å². The first-order chi connectivity index (χ1) is 13.3. The van der Waals surface area contributed by atoms with E-state index in [0.29, 0.717) is 5.56 Å². The lowest BCUT2D eigenvalue weighted by Crippen LogP contribution is -2.27. The van der Waals surface area contributed by atoms with Gasteiger partial charge in [0.1, 0.15) is 11.3 Å². The number of carbonyl (C=O) groups excluding carboxylic acids is 2. The number of carbonyl (C=O) groups is 2. The molecule has 0 radical (unpaired) electrons.